The number of nitro benzene ring substituents is 1. The maximum atomic E-state index is 10.4. The van der Waals surface area contributed by atoms with E-state index in [0.29, 0.717) is 0 Å². The van der Waals surface area contributed by atoms with E-state index in [-0.39, 0.29) is 17.1 Å². The van der Waals surface area contributed by atoms with E-state index >= 15 is 0 Å². The number of nitro groups is 1. The molecule has 14 heavy (non-hydrogen) atoms. The van der Waals surface area contributed by atoms with E-state index in [0.717, 1.165) is 0 Å². The number of ether oxygens (including phenoxy) is 1. The highest BCUT2D eigenvalue weighted by molar-refractivity contribution is 5.57. The van der Waals surface area contributed by atoms with Crippen LogP contribution in [0.5, 0.6) is 5.75 Å². The number of aliphatic hydroxyl groups excluding tert-OH is 1. The van der Waals surface area contributed by atoms with Crippen LogP contribution < -0.4 is 10.5 Å². The van der Waals surface area contributed by atoms with Crippen LogP contribution in [0, 0.1) is 10.1 Å². The van der Waals surface area contributed by atoms with Crippen molar-refractivity contribution in [2.75, 3.05) is 5.73 Å². The van der Waals surface area contributed by atoms with E-state index in [2.05, 4.69) is 0 Å². The van der Waals surface area contributed by atoms with Gasteiger partial charge in [-0.05, 0) is 13.0 Å². The van der Waals surface area contributed by atoms with E-state index in [1.165, 1.54) is 25.1 Å². The van der Waals surface area contributed by atoms with Gasteiger partial charge in [-0.3, -0.25) is 10.1 Å². The molecule has 0 fully saturated rings. The number of nitrogen functional groups attached to an aromatic ring is 1. The van der Waals surface area contributed by atoms with Crippen LogP contribution in [-0.4, -0.2) is 16.3 Å². The fourth-order valence-electron chi connectivity index (χ4n) is 0.922. The second kappa shape index (κ2) is 3.93. The van der Waals surface area contributed by atoms with Crippen molar-refractivity contribution in [3.8, 4) is 5.75 Å². The fourth-order valence-corrected chi connectivity index (χ4v) is 0.922. The number of hydrogen-bond donors (Lipinski definition) is 2. The molecule has 0 spiro atoms. The van der Waals surface area contributed by atoms with Crippen LogP contribution >= 0.6 is 0 Å². The van der Waals surface area contributed by atoms with E-state index in [9.17, 15) is 10.1 Å². The van der Waals surface area contributed by atoms with Gasteiger partial charge in [-0.1, -0.05) is 0 Å². The van der Waals surface area contributed by atoms with Gasteiger partial charge in [0.05, 0.1) is 16.7 Å². The van der Waals surface area contributed by atoms with Gasteiger partial charge in [-0.15, -0.1) is 0 Å². The quantitative estimate of drug-likeness (QED) is 0.325. The maximum absolute atomic E-state index is 10.4. The Morgan fingerprint density at radius 1 is 1.64 bits per heavy atom. The van der Waals surface area contributed by atoms with Crippen molar-refractivity contribution in [1.29, 1.82) is 0 Å². The zero-order valence-electron chi connectivity index (χ0n) is 7.51. The summed E-state index contributed by atoms with van der Waals surface area (Å²) in [7, 11) is 0. The molecule has 1 aromatic rings. The van der Waals surface area contributed by atoms with Gasteiger partial charge in [-0.2, -0.15) is 0 Å². The molecular weight excluding hydrogens is 188 g/mol. The fraction of sp³-hybridized carbons (Fsp3) is 0.250. The molecule has 0 bridgehead atoms. The van der Waals surface area contributed by atoms with Crippen LogP contribution in [0.4, 0.5) is 11.4 Å². The third-order valence-electron chi connectivity index (χ3n) is 1.51. The SMILES string of the molecule is CC(O)Oc1cc([N+](=O)[O-])ccc1N. The second-order valence-corrected chi connectivity index (χ2v) is 2.70. The van der Waals surface area contributed by atoms with Gasteiger partial charge in [-0.25, -0.2) is 0 Å². The van der Waals surface area contributed by atoms with Crippen molar-refractivity contribution in [1.82, 2.24) is 0 Å². The van der Waals surface area contributed by atoms with Crippen molar-refractivity contribution in [3.05, 3.63) is 28.3 Å². The zero-order valence-corrected chi connectivity index (χ0v) is 7.51. The molecule has 0 aliphatic carbocycles. The predicted octanol–water partition coefficient (Wildman–Crippen LogP) is 0.894. The molecular formula is C8H10N2O4. The Kier molecular flexibility index (Phi) is 2.88. The smallest absolute Gasteiger partial charge is 0.273 e. The Labute approximate surface area is 80.1 Å². The molecule has 0 heterocycles. The molecule has 0 aliphatic rings. The summed E-state index contributed by atoms with van der Waals surface area (Å²) in [4.78, 5) is 9.84. The number of benzene rings is 1. The van der Waals surface area contributed by atoms with Gasteiger partial charge in [0.15, 0.2) is 12.0 Å². The Morgan fingerprint density at radius 2 is 2.29 bits per heavy atom. The lowest BCUT2D eigenvalue weighted by atomic mass is 10.2. The van der Waals surface area contributed by atoms with Gasteiger partial charge in [0.25, 0.3) is 5.69 Å². The summed E-state index contributed by atoms with van der Waals surface area (Å²) >= 11 is 0. The summed E-state index contributed by atoms with van der Waals surface area (Å²) in [6.45, 7) is 1.39. The summed E-state index contributed by atoms with van der Waals surface area (Å²) in [5, 5.41) is 19.3. The standard InChI is InChI=1S/C8H10N2O4/c1-5(11)14-8-4-6(10(12)13)2-3-7(8)9/h2-5,11H,9H2,1H3. The van der Waals surface area contributed by atoms with Crippen LogP contribution in [-0.2, 0) is 0 Å². The molecule has 1 rings (SSSR count). The van der Waals surface area contributed by atoms with Crippen molar-refractivity contribution >= 4 is 11.4 Å². The maximum Gasteiger partial charge on any atom is 0.273 e. The van der Waals surface area contributed by atoms with Crippen LogP contribution in [0.2, 0.25) is 0 Å². The lowest BCUT2D eigenvalue weighted by molar-refractivity contribution is -0.384. The molecule has 0 aliphatic heterocycles. The lowest BCUT2D eigenvalue weighted by Gasteiger charge is -2.10. The first-order valence-corrected chi connectivity index (χ1v) is 3.89. The molecule has 76 valence electrons. The van der Waals surface area contributed by atoms with E-state index < -0.39 is 11.2 Å². The number of non-ortho nitro benzene ring substituents is 1. The minimum Gasteiger partial charge on any atom is -0.463 e. The molecule has 0 saturated heterocycles. The van der Waals surface area contributed by atoms with Crippen molar-refractivity contribution in [3.63, 3.8) is 0 Å². The molecule has 0 saturated carbocycles. The summed E-state index contributed by atoms with van der Waals surface area (Å²) in [6.07, 6.45) is -1.06. The largest absolute Gasteiger partial charge is 0.463 e. The molecule has 1 aromatic carbocycles. The summed E-state index contributed by atoms with van der Waals surface area (Å²) in [6, 6.07) is 3.79. The first-order valence-electron chi connectivity index (χ1n) is 3.89. The first kappa shape index (κ1) is 10.3. The van der Waals surface area contributed by atoms with Gasteiger partial charge in [0, 0.05) is 6.07 Å². The van der Waals surface area contributed by atoms with Crippen LogP contribution in [0.25, 0.3) is 0 Å². The molecule has 0 radical (unpaired) electrons. The summed E-state index contributed by atoms with van der Waals surface area (Å²) in [5.41, 5.74) is 5.60. The molecule has 1 atom stereocenters. The number of anilines is 1. The highest BCUT2D eigenvalue weighted by atomic mass is 16.6. The summed E-state index contributed by atoms with van der Waals surface area (Å²) in [5.74, 6) is 0.106. The normalized spacial score (nSPS) is 12.1. The first-order chi connectivity index (χ1) is 6.50. The molecule has 0 amide bonds. The molecule has 1 unspecified atom stereocenters. The monoisotopic (exact) mass is 198 g/mol. The number of aliphatic hydroxyl groups is 1. The molecule has 6 heteroatoms. The average molecular weight is 198 g/mol. The predicted molar refractivity (Wildman–Crippen MR) is 49.8 cm³/mol. The highest BCUT2D eigenvalue weighted by Gasteiger charge is 2.11. The van der Waals surface area contributed by atoms with E-state index in [4.69, 9.17) is 15.6 Å². The Balaban J connectivity index is 3.02. The molecule has 6 nitrogen and oxygen atoms in total. The third-order valence-corrected chi connectivity index (χ3v) is 1.51. The van der Waals surface area contributed by atoms with Crippen molar-refractivity contribution in [2.45, 2.75) is 13.2 Å². The summed E-state index contributed by atoms with van der Waals surface area (Å²) < 4.78 is 4.86. The van der Waals surface area contributed by atoms with Crippen LogP contribution in [0.15, 0.2) is 18.2 Å². The minimum absolute atomic E-state index is 0.106. The third kappa shape index (κ3) is 2.33. The highest BCUT2D eigenvalue weighted by Crippen LogP contribution is 2.27. The Bertz CT molecular complexity index is 351. The van der Waals surface area contributed by atoms with E-state index in [1.807, 2.05) is 0 Å². The number of rotatable bonds is 3. The molecule has 3 N–H and O–H groups in total. The molecule has 0 aromatic heterocycles. The topological polar surface area (TPSA) is 98.6 Å². The Hall–Kier alpha value is -1.82. The van der Waals surface area contributed by atoms with Gasteiger partial charge < -0.3 is 15.6 Å². The van der Waals surface area contributed by atoms with Crippen LogP contribution in [0.1, 0.15) is 6.92 Å². The van der Waals surface area contributed by atoms with Crippen molar-refractivity contribution < 1.29 is 14.8 Å². The average Bonchev–Trinajstić information content (AvgIpc) is 2.07. The zero-order chi connectivity index (χ0) is 10.7. The van der Waals surface area contributed by atoms with Gasteiger partial charge in [0.1, 0.15) is 0 Å². The van der Waals surface area contributed by atoms with Gasteiger partial charge in [0.2, 0.25) is 0 Å². The number of nitrogens with zero attached hydrogens (tertiary/aromatic N) is 1. The number of hydrogen-bond acceptors (Lipinski definition) is 5. The minimum atomic E-state index is -1.06. The van der Waals surface area contributed by atoms with E-state index in [1.54, 1.807) is 0 Å². The lowest BCUT2D eigenvalue weighted by Crippen LogP contribution is -2.11. The van der Waals surface area contributed by atoms with Gasteiger partial charge >= 0.3 is 0 Å². The number of nitrogens with two attached hydrogens (primary N) is 1. The Morgan fingerprint density at radius 3 is 2.79 bits per heavy atom. The van der Waals surface area contributed by atoms with Crippen LogP contribution in [0.3, 0.4) is 0 Å². The second-order valence-electron chi connectivity index (χ2n) is 2.70. The van der Waals surface area contributed by atoms with Crippen molar-refractivity contribution in [2.24, 2.45) is 0 Å².